The summed E-state index contributed by atoms with van der Waals surface area (Å²) in [6.07, 6.45) is 3.48. The molecule has 0 saturated carbocycles. The molecule has 2 aliphatic heterocycles. The van der Waals surface area contributed by atoms with Crippen LogP contribution in [0.1, 0.15) is 60.8 Å². The molecule has 37 heavy (non-hydrogen) atoms. The largest absolute Gasteiger partial charge is 0.371 e. The lowest BCUT2D eigenvalue weighted by Gasteiger charge is -2.35. The van der Waals surface area contributed by atoms with Crippen molar-refractivity contribution in [1.29, 1.82) is 5.26 Å². The molecule has 7 heteroatoms. The number of hydrogen-bond donors (Lipinski definition) is 1. The first-order chi connectivity index (χ1) is 17.9. The minimum atomic E-state index is -0.128. The van der Waals surface area contributed by atoms with Crippen LogP contribution in [-0.2, 0) is 4.79 Å². The Hall–Kier alpha value is -3.79. The number of nitrogens with zero attached hydrogens (tertiary/aromatic N) is 4. The van der Waals surface area contributed by atoms with Gasteiger partial charge in [0.2, 0.25) is 5.91 Å². The first-order valence-corrected chi connectivity index (χ1v) is 13.3. The number of piperazine rings is 1. The van der Waals surface area contributed by atoms with Crippen LogP contribution < -0.4 is 5.32 Å². The molecule has 2 aromatic rings. The van der Waals surface area contributed by atoms with Gasteiger partial charge in [-0.2, -0.15) is 5.26 Å². The van der Waals surface area contributed by atoms with Crippen molar-refractivity contribution >= 4 is 23.3 Å². The van der Waals surface area contributed by atoms with Crippen LogP contribution in [0.2, 0.25) is 0 Å². The van der Waals surface area contributed by atoms with Gasteiger partial charge in [0.1, 0.15) is 0 Å². The van der Waals surface area contributed by atoms with E-state index in [2.05, 4.69) is 41.1 Å². The Balaban J connectivity index is 1.33. The quantitative estimate of drug-likeness (QED) is 0.593. The lowest BCUT2D eigenvalue weighted by molar-refractivity contribution is -0.132. The Morgan fingerprint density at radius 2 is 1.62 bits per heavy atom. The normalized spacial score (nSPS) is 16.3. The van der Waals surface area contributed by atoms with Gasteiger partial charge in [-0.25, -0.2) is 4.79 Å². The van der Waals surface area contributed by atoms with Crippen LogP contribution in [0.4, 0.5) is 10.5 Å². The third-order valence-corrected chi connectivity index (χ3v) is 7.58. The van der Waals surface area contributed by atoms with Crippen LogP contribution in [-0.4, -0.2) is 65.9 Å². The second-order valence-corrected chi connectivity index (χ2v) is 10.0. The SMILES string of the molecule is C=C(c1ccc(C)c(NC(=O)N2CCN(C(=O)CCC)CC2)c1)N1CCC(c2ccc(C#N)cc2)CC1. The molecule has 2 aliphatic rings. The fourth-order valence-electron chi connectivity index (χ4n) is 5.16. The number of nitriles is 1. The third kappa shape index (κ3) is 6.32. The summed E-state index contributed by atoms with van der Waals surface area (Å²) in [7, 11) is 0. The summed E-state index contributed by atoms with van der Waals surface area (Å²) >= 11 is 0. The summed E-state index contributed by atoms with van der Waals surface area (Å²) in [4.78, 5) is 31.1. The summed E-state index contributed by atoms with van der Waals surface area (Å²) < 4.78 is 0. The molecular formula is C30H37N5O2. The van der Waals surface area contributed by atoms with Crippen LogP contribution in [0.3, 0.4) is 0 Å². The van der Waals surface area contributed by atoms with E-state index >= 15 is 0 Å². The van der Waals surface area contributed by atoms with Gasteiger partial charge in [-0.1, -0.05) is 37.8 Å². The summed E-state index contributed by atoms with van der Waals surface area (Å²) in [5.74, 6) is 0.660. The number of anilines is 1. The predicted octanol–water partition coefficient (Wildman–Crippen LogP) is 5.19. The maximum atomic E-state index is 13.0. The zero-order valence-electron chi connectivity index (χ0n) is 22.0. The first kappa shape index (κ1) is 26.3. The second kappa shape index (κ2) is 12.0. The highest BCUT2D eigenvalue weighted by Crippen LogP contribution is 2.32. The van der Waals surface area contributed by atoms with Crippen LogP contribution in [0.25, 0.3) is 5.70 Å². The number of benzene rings is 2. The molecule has 4 rings (SSSR count). The van der Waals surface area contributed by atoms with Crippen molar-refractivity contribution < 1.29 is 9.59 Å². The molecule has 1 N–H and O–H groups in total. The molecule has 0 aromatic heterocycles. The number of carbonyl (C=O) groups excluding carboxylic acids is 2. The summed E-state index contributed by atoms with van der Waals surface area (Å²) in [5.41, 5.74) is 5.76. The van der Waals surface area contributed by atoms with E-state index in [4.69, 9.17) is 5.26 Å². The molecule has 194 valence electrons. The van der Waals surface area contributed by atoms with E-state index in [0.717, 1.165) is 54.9 Å². The number of piperidine rings is 1. The number of carbonyl (C=O) groups is 2. The van der Waals surface area contributed by atoms with E-state index in [1.54, 1.807) is 4.90 Å². The average molecular weight is 500 g/mol. The van der Waals surface area contributed by atoms with Gasteiger partial charge in [-0.3, -0.25) is 4.79 Å². The molecule has 0 spiro atoms. The van der Waals surface area contributed by atoms with Crippen molar-refractivity contribution in [3.8, 4) is 6.07 Å². The van der Waals surface area contributed by atoms with Gasteiger partial charge >= 0.3 is 6.03 Å². The van der Waals surface area contributed by atoms with Crippen molar-refractivity contribution in [3.63, 3.8) is 0 Å². The van der Waals surface area contributed by atoms with Gasteiger partial charge in [0.05, 0.1) is 11.6 Å². The highest BCUT2D eigenvalue weighted by Gasteiger charge is 2.25. The molecule has 0 radical (unpaired) electrons. The van der Waals surface area contributed by atoms with Gasteiger partial charge in [-0.05, 0) is 67.0 Å². The average Bonchev–Trinajstić information content (AvgIpc) is 2.94. The van der Waals surface area contributed by atoms with Crippen molar-refractivity contribution in [3.05, 3.63) is 71.3 Å². The molecule has 2 saturated heterocycles. The Labute approximate surface area is 220 Å². The molecule has 2 fully saturated rings. The third-order valence-electron chi connectivity index (χ3n) is 7.58. The monoisotopic (exact) mass is 499 g/mol. The zero-order chi connectivity index (χ0) is 26.4. The Morgan fingerprint density at radius 1 is 0.973 bits per heavy atom. The molecule has 3 amide bonds. The lowest BCUT2D eigenvalue weighted by atomic mass is 9.88. The molecule has 0 unspecified atom stereocenters. The minimum absolute atomic E-state index is 0.128. The highest BCUT2D eigenvalue weighted by molar-refractivity contribution is 5.91. The molecule has 0 aliphatic carbocycles. The molecular weight excluding hydrogens is 462 g/mol. The van der Waals surface area contributed by atoms with Gasteiger partial charge in [0.25, 0.3) is 0 Å². The fraction of sp³-hybridized carbons (Fsp3) is 0.433. The lowest BCUT2D eigenvalue weighted by Crippen LogP contribution is -2.51. The number of aryl methyl sites for hydroxylation is 1. The Morgan fingerprint density at radius 3 is 2.24 bits per heavy atom. The van der Waals surface area contributed by atoms with E-state index in [1.807, 2.05) is 43.0 Å². The van der Waals surface area contributed by atoms with E-state index in [9.17, 15) is 9.59 Å². The maximum absolute atomic E-state index is 13.0. The van der Waals surface area contributed by atoms with Gasteiger partial charge in [0.15, 0.2) is 0 Å². The highest BCUT2D eigenvalue weighted by atomic mass is 16.2. The topological polar surface area (TPSA) is 79.7 Å². The number of amides is 3. The number of rotatable bonds is 6. The summed E-state index contributed by atoms with van der Waals surface area (Å²) in [5, 5.41) is 12.1. The zero-order valence-corrected chi connectivity index (χ0v) is 22.0. The number of hydrogen-bond acceptors (Lipinski definition) is 4. The molecule has 0 atom stereocenters. The van der Waals surface area contributed by atoms with Crippen LogP contribution in [0.15, 0.2) is 49.0 Å². The van der Waals surface area contributed by atoms with Crippen molar-refractivity contribution in [2.75, 3.05) is 44.6 Å². The van der Waals surface area contributed by atoms with Crippen LogP contribution >= 0.6 is 0 Å². The van der Waals surface area contributed by atoms with Crippen LogP contribution in [0.5, 0.6) is 0 Å². The van der Waals surface area contributed by atoms with Gasteiger partial charge in [0, 0.05) is 57.1 Å². The van der Waals surface area contributed by atoms with E-state index in [0.29, 0.717) is 44.1 Å². The fourth-order valence-corrected chi connectivity index (χ4v) is 5.16. The van der Waals surface area contributed by atoms with Crippen molar-refractivity contribution in [2.45, 2.75) is 45.4 Å². The summed E-state index contributed by atoms with van der Waals surface area (Å²) in [6.45, 7) is 12.5. The maximum Gasteiger partial charge on any atom is 0.321 e. The minimum Gasteiger partial charge on any atom is -0.371 e. The van der Waals surface area contributed by atoms with E-state index in [1.165, 1.54) is 5.56 Å². The van der Waals surface area contributed by atoms with Crippen molar-refractivity contribution in [1.82, 2.24) is 14.7 Å². The van der Waals surface area contributed by atoms with Gasteiger partial charge < -0.3 is 20.0 Å². The standard InChI is InChI=1S/C30H37N5O2/c1-4-5-29(36)34-16-18-35(19-17-34)30(37)32-28-20-27(9-6-22(28)2)23(3)33-14-12-26(13-15-33)25-10-7-24(21-31)8-11-25/h6-11,20,26H,3-5,12-19H2,1-2H3,(H,32,37). The van der Waals surface area contributed by atoms with Crippen LogP contribution in [0, 0.1) is 18.3 Å². The molecule has 0 bridgehead atoms. The second-order valence-electron chi connectivity index (χ2n) is 10.0. The van der Waals surface area contributed by atoms with E-state index < -0.39 is 0 Å². The smallest absolute Gasteiger partial charge is 0.321 e. The number of nitrogens with one attached hydrogen (secondary N) is 1. The van der Waals surface area contributed by atoms with E-state index in [-0.39, 0.29) is 11.9 Å². The number of likely N-dealkylation sites (tertiary alicyclic amines) is 1. The Kier molecular flexibility index (Phi) is 8.50. The number of urea groups is 1. The predicted molar refractivity (Wildman–Crippen MR) is 147 cm³/mol. The van der Waals surface area contributed by atoms with Gasteiger partial charge in [-0.15, -0.1) is 0 Å². The summed E-state index contributed by atoms with van der Waals surface area (Å²) in [6, 6.07) is 16.1. The first-order valence-electron chi connectivity index (χ1n) is 13.3. The Bertz CT molecular complexity index is 1170. The molecule has 2 aromatic carbocycles. The van der Waals surface area contributed by atoms with Crippen molar-refractivity contribution in [2.24, 2.45) is 0 Å². The molecule has 7 nitrogen and oxygen atoms in total. The molecule has 2 heterocycles.